The molecular formula is C21H16Cl2O2S. The van der Waals surface area contributed by atoms with E-state index >= 15 is 0 Å². The maximum absolute atomic E-state index is 6.89. The van der Waals surface area contributed by atoms with Crippen molar-refractivity contribution >= 4 is 34.5 Å². The van der Waals surface area contributed by atoms with Gasteiger partial charge < -0.3 is 9.47 Å². The van der Waals surface area contributed by atoms with Gasteiger partial charge in [0.2, 0.25) is 0 Å². The lowest BCUT2D eigenvalue weighted by atomic mass is 9.86. The number of ether oxygens (including phenoxy) is 2. The Kier molecular flexibility index (Phi) is 3.59. The third kappa shape index (κ3) is 2.05. The number of fused-ring (bicyclic) bond motifs is 2. The molecule has 0 saturated heterocycles. The second-order valence-corrected chi connectivity index (χ2v) is 9.06. The van der Waals surface area contributed by atoms with E-state index in [4.69, 9.17) is 32.7 Å². The molecule has 132 valence electrons. The van der Waals surface area contributed by atoms with Crippen LogP contribution in [0.5, 0.6) is 11.5 Å². The van der Waals surface area contributed by atoms with Crippen molar-refractivity contribution in [2.24, 2.45) is 5.92 Å². The van der Waals surface area contributed by atoms with Gasteiger partial charge in [0.25, 0.3) is 0 Å². The van der Waals surface area contributed by atoms with Crippen LogP contribution in [0.4, 0.5) is 0 Å². The topological polar surface area (TPSA) is 18.5 Å². The van der Waals surface area contributed by atoms with Crippen molar-refractivity contribution in [3.05, 3.63) is 82.0 Å². The first-order valence-corrected chi connectivity index (χ1v) is 10.1. The van der Waals surface area contributed by atoms with Gasteiger partial charge in [0.05, 0.1) is 13.0 Å². The highest BCUT2D eigenvalue weighted by Gasteiger charge is 2.83. The van der Waals surface area contributed by atoms with Crippen molar-refractivity contribution in [3.8, 4) is 11.5 Å². The van der Waals surface area contributed by atoms with Gasteiger partial charge in [-0.1, -0.05) is 59.6 Å². The standard InChI is InChI=1S/C21H16Cl2O2S/c1-24-14-10-8-13(9-11-14)20-19(21(20,22)23)18(17-7-4-12-26-17)15-5-2-3-6-16(15)25-20/h2-12,18-19H,1H3/t18-,19+,20+/m1/s1. The monoisotopic (exact) mass is 402 g/mol. The molecule has 2 aliphatic rings. The minimum Gasteiger partial charge on any atom is -0.497 e. The molecule has 0 unspecified atom stereocenters. The molecule has 5 heteroatoms. The largest absolute Gasteiger partial charge is 0.497 e. The van der Waals surface area contributed by atoms with Crippen molar-refractivity contribution in [2.45, 2.75) is 15.9 Å². The van der Waals surface area contributed by atoms with Crippen LogP contribution in [0.1, 0.15) is 21.9 Å². The van der Waals surface area contributed by atoms with Gasteiger partial charge in [-0.15, -0.1) is 11.3 Å². The van der Waals surface area contributed by atoms with Crippen molar-refractivity contribution in [1.29, 1.82) is 0 Å². The second kappa shape index (κ2) is 5.66. The molecule has 3 aromatic rings. The number of alkyl halides is 2. The maximum Gasteiger partial charge on any atom is 0.174 e. The molecule has 5 rings (SSSR count). The zero-order valence-electron chi connectivity index (χ0n) is 14.0. The summed E-state index contributed by atoms with van der Waals surface area (Å²) < 4.78 is 10.8. The molecule has 0 amide bonds. The van der Waals surface area contributed by atoms with Gasteiger partial charge >= 0.3 is 0 Å². The Morgan fingerprint density at radius 3 is 2.46 bits per heavy atom. The summed E-state index contributed by atoms with van der Waals surface area (Å²) in [5.74, 6) is 1.70. The first kappa shape index (κ1) is 16.5. The predicted molar refractivity (Wildman–Crippen MR) is 106 cm³/mol. The molecule has 1 aliphatic carbocycles. The molecule has 2 aromatic carbocycles. The molecule has 2 nitrogen and oxygen atoms in total. The summed E-state index contributed by atoms with van der Waals surface area (Å²) in [7, 11) is 1.65. The minimum absolute atomic E-state index is 0.0553. The summed E-state index contributed by atoms with van der Waals surface area (Å²) in [5.41, 5.74) is 1.36. The van der Waals surface area contributed by atoms with E-state index in [1.54, 1.807) is 18.4 Å². The van der Waals surface area contributed by atoms with E-state index < -0.39 is 9.93 Å². The fraction of sp³-hybridized carbons (Fsp3) is 0.238. The lowest BCUT2D eigenvalue weighted by Crippen LogP contribution is -2.28. The SMILES string of the molecule is COc1ccc([C@]23Oc4ccccc4[C@H](c4cccs4)[C@@H]2C3(Cl)Cl)cc1. The molecule has 1 aliphatic heterocycles. The summed E-state index contributed by atoms with van der Waals surface area (Å²) >= 11 is 15.5. The average molecular weight is 403 g/mol. The highest BCUT2D eigenvalue weighted by molar-refractivity contribution is 7.10. The quantitative estimate of drug-likeness (QED) is 0.501. The zero-order valence-corrected chi connectivity index (χ0v) is 16.3. The summed E-state index contributed by atoms with van der Waals surface area (Å²) in [6.07, 6.45) is 0. The highest BCUT2D eigenvalue weighted by Crippen LogP contribution is 2.77. The molecule has 0 spiro atoms. The van der Waals surface area contributed by atoms with Gasteiger partial charge in [-0.25, -0.2) is 0 Å². The van der Waals surface area contributed by atoms with Crippen molar-refractivity contribution < 1.29 is 9.47 Å². The maximum atomic E-state index is 6.89. The Morgan fingerprint density at radius 1 is 1.00 bits per heavy atom. The summed E-state index contributed by atoms with van der Waals surface area (Å²) in [5, 5.41) is 2.09. The van der Waals surface area contributed by atoms with E-state index in [9.17, 15) is 0 Å². The fourth-order valence-corrected chi connectivity index (χ4v) is 6.08. The van der Waals surface area contributed by atoms with Gasteiger partial charge in [-0.3, -0.25) is 0 Å². The van der Waals surface area contributed by atoms with Crippen LogP contribution >= 0.6 is 34.5 Å². The Hall–Kier alpha value is -1.68. The van der Waals surface area contributed by atoms with Crippen molar-refractivity contribution in [2.75, 3.05) is 7.11 Å². The number of para-hydroxylation sites is 1. The van der Waals surface area contributed by atoms with Crippen LogP contribution in [0, 0.1) is 5.92 Å². The van der Waals surface area contributed by atoms with Gasteiger partial charge in [-0.05, 0) is 35.2 Å². The van der Waals surface area contributed by atoms with E-state index in [2.05, 4.69) is 23.6 Å². The second-order valence-electron chi connectivity index (χ2n) is 6.70. The summed E-state index contributed by atoms with van der Waals surface area (Å²) in [4.78, 5) is 1.26. The number of hydrogen-bond donors (Lipinski definition) is 0. The van der Waals surface area contributed by atoms with Crippen LogP contribution in [-0.2, 0) is 5.60 Å². The van der Waals surface area contributed by atoms with Crippen LogP contribution in [0.3, 0.4) is 0 Å². The van der Waals surface area contributed by atoms with E-state index in [1.165, 1.54) is 4.88 Å². The minimum atomic E-state index is -1.00. The van der Waals surface area contributed by atoms with E-state index in [1.807, 2.05) is 42.5 Å². The van der Waals surface area contributed by atoms with Crippen LogP contribution in [-0.4, -0.2) is 11.4 Å². The lowest BCUT2D eigenvalue weighted by Gasteiger charge is -2.31. The first-order chi connectivity index (χ1) is 12.6. The molecule has 0 bridgehead atoms. The Balaban J connectivity index is 1.70. The third-order valence-electron chi connectivity index (χ3n) is 5.47. The van der Waals surface area contributed by atoms with Gasteiger partial charge in [0.1, 0.15) is 11.5 Å². The average Bonchev–Trinajstić information content (AvgIpc) is 3.02. The highest BCUT2D eigenvalue weighted by atomic mass is 35.5. The Labute approximate surface area is 166 Å². The van der Waals surface area contributed by atoms with Gasteiger partial charge in [-0.2, -0.15) is 0 Å². The number of halogens is 2. The van der Waals surface area contributed by atoms with Crippen molar-refractivity contribution in [3.63, 3.8) is 0 Å². The molecule has 26 heavy (non-hydrogen) atoms. The van der Waals surface area contributed by atoms with Crippen LogP contribution in [0.25, 0.3) is 0 Å². The van der Waals surface area contributed by atoms with E-state index in [-0.39, 0.29) is 11.8 Å². The lowest BCUT2D eigenvalue weighted by molar-refractivity contribution is 0.138. The van der Waals surface area contributed by atoms with Crippen molar-refractivity contribution in [1.82, 2.24) is 0 Å². The number of methoxy groups -OCH3 is 1. The summed E-state index contributed by atoms with van der Waals surface area (Å²) in [6.45, 7) is 0. The molecule has 1 aromatic heterocycles. The van der Waals surface area contributed by atoms with Crippen LogP contribution in [0.15, 0.2) is 66.0 Å². The molecule has 1 saturated carbocycles. The fourth-order valence-electron chi connectivity index (χ4n) is 4.22. The third-order valence-corrected chi connectivity index (χ3v) is 7.45. The number of benzene rings is 2. The molecule has 0 radical (unpaired) electrons. The smallest absolute Gasteiger partial charge is 0.174 e. The number of hydrogen-bond acceptors (Lipinski definition) is 3. The number of thiophene rings is 1. The van der Waals surface area contributed by atoms with E-state index in [0.29, 0.717) is 0 Å². The normalized spacial score (nSPS) is 27.8. The molecule has 3 atom stereocenters. The van der Waals surface area contributed by atoms with Gasteiger partial charge in [0, 0.05) is 16.4 Å². The number of rotatable bonds is 3. The van der Waals surface area contributed by atoms with Gasteiger partial charge in [0.15, 0.2) is 9.93 Å². The van der Waals surface area contributed by atoms with Crippen LogP contribution < -0.4 is 9.47 Å². The predicted octanol–water partition coefficient (Wildman–Crippen LogP) is 5.98. The Morgan fingerprint density at radius 2 is 1.77 bits per heavy atom. The molecule has 1 fully saturated rings. The molecular weight excluding hydrogens is 387 g/mol. The zero-order chi connectivity index (χ0) is 17.9. The van der Waals surface area contributed by atoms with E-state index in [0.717, 1.165) is 22.6 Å². The Bertz CT molecular complexity index is 952. The van der Waals surface area contributed by atoms with Crippen LogP contribution in [0.2, 0.25) is 0 Å². The molecule has 0 N–H and O–H groups in total. The summed E-state index contributed by atoms with van der Waals surface area (Å²) in [6, 6.07) is 20.2. The molecule has 2 heterocycles. The first-order valence-electron chi connectivity index (χ1n) is 8.43.